The van der Waals surface area contributed by atoms with E-state index in [1.165, 1.54) is 0 Å². The molecule has 1 aromatic carbocycles. The average molecular weight is 396 g/mol. The Kier molecular flexibility index (Phi) is 5.81. The molecule has 2 heterocycles. The van der Waals surface area contributed by atoms with Crippen molar-refractivity contribution in [1.82, 2.24) is 5.32 Å². The third kappa shape index (κ3) is 3.84. The van der Waals surface area contributed by atoms with Gasteiger partial charge < -0.3 is 25.4 Å². The van der Waals surface area contributed by atoms with Crippen molar-refractivity contribution in [3.63, 3.8) is 0 Å². The van der Waals surface area contributed by atoms with Gasteiger partial charge >= 0.3 is 0 Å². The molecular formula is C19H26ClN3O4. The van der Waals surface area contributed by atoms with E-state index in [9.17, 15) is 9.59 Å². The second-order valence-electron chi connectivity index (χ2n) is 7.41. The van der Waals surface area contributed by atoms with E-state index < -0.39 is 0 Å². The van der Waals surface area contributed by atoms with Gasteiger partial charge in [-0.1, -0.05) is 12.8 Å². The minimum atomic E-state index is -0.347. The first-order chi connectivity index (χ1) is 12.6. The molecule has 1 atom stereocenters. The van der Waals surface area contributed by atoms with Crippen LogP contribution in [-0.4, -0.2) is 43.7 Å². The van der Waals surface area contributed by atoms with E-state index in [4.69, 9.17) is 15.2 Å². The second kappa shape index (κ2) is 7.94. The van der Waals surface area contributed by atoms with Crippen molar-refractivity contribution in [2.24, 2.45) is 11.7 Å². The number of ether oxygens (including phenoxy) is 2. The molecular weight excluding hydrogens is 370 g/mol. The van der Waals surface area contributed by atoms with Crippen molar-refractivity contribution in [3.8, 4) is 11.5 Å². The Balaban J connectivity index is 0.00000210. The van der Waals surface area contributed by atoms with Gasteiger partial charge in [0.05, 0.1) is 11.5 Å². The summed E-state index contributed by atoms with van der Waals surface area (Å²) in [4.78, 5) is 26.9. The Labute approximate surface area is 165 Å². The minimum Gasteiger partial charge on any atom is -0.486 e. The van der Waals surface area contributed by atoms with Crippen LogP contribution >= 0.6 is 12.4 Å². The van der Waals surface area contributed by atoms with Crippen LogP contribution in [0, 0.1) is 5.92 Å². The molecule has 1 aromatic rings. The van der Waals surface area contributed by atoms with E-state index in [-0.39, 0.29) is 42.1 Å². The van der Waals surface area contributed by atoms with Crippen LogP contribution in [0.25, 0.3) is 0 Å². The zero-order valence-corrected chi connectivity index (χ0v) is 16.1. The lowest BCUT2D eigenvalue weighted by molar-refractivity contribution is -0.127. The highest BCUT2D eigenvalue weighted by Crippen LogP contribution is 2.36. The highest BCUT2D eigenvalue weighted by atomic mass is 35.5. The van der Waals surface area contributed by atoms with Gasteiger partial charge in [0.2, 0.25) is 11.8 Å². The van der Waals surface area contributed by atoms with E-state index >= 15 is 0 Å². The first-order valence-corrected chi connectivity index (χ1v) is 9.32. The molecule has 1 saturated heterocycles. The maximum absolute atomic E-state index is 12.7. The predicted molar refractivity (Wildman–Crippen MR) is 104 cm³/mol. The summed E-state index contributed by atoms with van der Waals surface area (Å²) in [5, 5.41) is 3.14. The highest BCUT2D eigenvalue weighted by molar-refractivity contribution is 6.00. The number of benzene rings is 1. The van der Waals surface area contributed by atoms with Gasteiger partial charge in [-0.3, -0.25) is 9.59 Å². The van der Waals surface area contributed by atoms with Gasteiger partial charge in [-0.25, -0.2) is 0 Å². The number of carbonyl (C=O) groups is 2. The van der Waals surface area contributed by atoms with Crippen LogP contribution in [0.5, 0.6) is 11.5 Å². The molecule has 1 unspecified atom stereocenters. The van der Waals surface area contributed by atoms with Crippen molar-refractivity contribution in [1.29, 1.82) is 0 Å². The number of hydrogen-bond donors (Lipinski definition) is 2. The number of carbonyl (C=O) groups excluding carboxylic acids is 2. The standard InChI is InChI=1S/C19H25N3O4.ClH/c20-12-19(5-1-2-6-19)21-18(24)13-9-17(23)22(11-13)14-3-4-15-16(10-14)26-8-7-25-15;/h3-4,10,13H,1-2,5-9,11-12,20H2,(H,21,24);1H. The lowest BCUT2D eigenvalue weighted by Crippen LogP contribution is -2.53. The Bertz CT molecular complexity index is 721. The Morgan fingerprint density at radius 3 is 2.63 bits per heavy atom. The third-order valence-corrected chi connectivity index (χ3v) is 5.67. The quantitative estimate of drug-likeness (QED) is 0.807. The number of nitrogens with two attached hydrogens (primary N) is 1. The second-order valence-corrected chi connectivity index (χ2v) is 7.41. The van der Waals surface area contributed by atoms with Crippen LogP contribution in [0.1, 0.15) is 32.1 Å². The van der Waals surface area contributed by atoms with E-state index in [2.05, 4.69) is 5.32 Å². The number of anilines is 1. The summed E-state index contributed by atoms with van der Waals surface area (Å²) < 4.78 is 11.1. The van der Waals surface area contributed by atoms with E-state index in [1.54, 1.807) is 4.90 Å². The van der Waals surface area contributed by atoms with Crippen molar-refractivity contribution >= 4 is 29.9 Å². The molecule has 0 aromatic heterocycles. The Morgan fingerprint density at radius 2 is 1.93 bits per heavy atom. The molecule has 7 nitrogen and oxygen atoms in total. The Hall–Kier alpha value is -1.99. The monoisotopic (exact) mass is 395 g/mol. The summed E-state index contributed by atoms with van der Waals surface area (Å²) in [6.45, 7) is 1.85. The van der Waals surface area contributed by atoms with Crippen LogP contribution in [0.4, 0.5) is 5.69 Å². The summed E-state index contributed by atoms with van der Waals surface area (Å²) in [5.74, 6) is 0.870. The van der Waals surface area contributed by atoms with Gasteiger partial charge in [0.25, 0.3) is 0 Å². The average Bonchev–Trinajstić information content (AvgIpc) is 3.28. The fourth-order valence-electron chi connectivity index (χ4n) is 4.13. The zero-order valence-electron chi connectivity index (χ0n) is 15.2. The smallest absolute Gasteiger partial charge is 0.227 e. The number of nitrogens with zero attached hydrogens (tertiary/aromatic N) is 1. The molecule has 1 aliphatic carbocycles. The number of fused-ring (bicyclic) bond motifs is 1. The van der Waals surface area contributed by atoms with Crippen molar-refractivity contribution in [2.45, 2.75) is 37.6 Å². The van der Waals surface area contributed by atoms with Gasteiger partial charge in [-0.15, -0.1) is 12.4 Å². The molecule has 2 amide bonds. The maximum atomic E-state index is 12.7. The number of nitrogens with one attached hydrogen (secondary N) is 1. The third-order valence-electron chi connectivity index (χ3n) is 5.67. The summed E-state index contributed by atoms with van der Waals surface area (Å²) in [6.07, 6.45) is 4.24. The first kappa shape index (κ1) is 19.8. The number of halogens is 1. The molecule has 27 heavy (non-hydrogen) atoms. The van der Waals surface area contributed by atoms with Gasteiger partial charge in [-0.05, 0) is 25.0 Å². The molecule has 0 spiro atoms. The van der Waals surface area contributed by atoms with E-state index in [0.29, 0.717) is 37.8 Å². The van der Waals surface area contributed by atoms with Gasteiger partial charge in [0.1, 0.15) is 13.2 Å². The lowest BCUT2D eigenvalue weighted by Gasteiger charge is -2.30. The SMILES string of the molecule is Cl.NCC1(NC(=O)C2CC(=O)N(c3ccc4c(c3)OCCO4)C2)CCCC1. The zero-order chi connectivity index (χ0) is 18.1. The van der Waals surface area contributed by atoms with Crippen molar-refractivity contribution in [2.75, 3.05) is 31.2 Å². The van der Waals surface area contributed by atoms with Gasteiger partial charge in [-0.2, -0.15) is 0 Å². The summed E-state index contributed by atoms with van der Waals surface area (Å²) >= 11 is 0. The topological polar surface area (TPSA) is 93.9 Å². The summed E-state index contributed by atoms with van der Waals surface area (Å²) in [5.41, 5.74) is 6.36. The molecule has 148 valence electrons. The lowest BCUT2D eigenvalue weighted by atomic mass is 9.96. The molecule has 8 heteroatoms. The maximum Gasteiger partial charge on any atom is 0.227 e. The van der Waals surface area contributed by atoms with Crippen LogP contribution in [-0.2, 0) is 9.59 Å². The number of hydrogen-bond acceptors (Lipinski definition) is 5. The van der Waals surface area contributed by atoms with Gasteiger partial charge in [0.15, 0.2) is 11.5 Å². The molecule has 2 aliphatic heterocycles. The fourth-order valence-corrected chi connectivity index (χ4v) is 4.13. The van der Waals surface area contributed by atoms with E-state index in [0.717, 1.165) is 31.4 Å². The van der Waals surface area contributed by atoms with Crippen LogP contribution in [0.2, 0.25) is 0 Å². The number of rotatable bonds is 4. The molecule has 2 fully saturated rings. The minimum absolute atomic E-state index is 0. The largest absolute Gasteiger partial charge is 0.486 e. The van der Waals surface area contributed by atoms with E-state index in [1.807, 2.05) is 18.2 Å². The van der Waals surface area contributed by atoms with Crippen molar-refractivity contribution in [3.05, 3.63) is 18.2 Å². The molecule has 4 rings (SSSR count). The van der Waals surface area contributed by atoms with Gasteiger partial charge in [0, 0.05) is 31.3 Å². The van der Waals surface area contributed by atoms with Crippen LogP contribution < -0.4 is 25.4 Å². The van der Waals surface area contributed by atoms with Crippen LogP contribution in [0.15, 0.2) is 18.2 Å². The highest BCUT2D eigenvalue weighted by Gasteiger charge is 2.40. The normalized spacial score (nSPS) is 23.1. The fraction of sp³-hybridized carbons (Fsp3) is 0.579. The number of amides is 2. The molecule has 3 aliphatic rings. The first-order valence-electron chi connectivity index (χ1n) is 9.32. The molecule has 1 saturated carbocycles. The van der Waals surface area contributed by atoms with Crippen LogP contribution in [0.3, 0.4) is 0 Å². The molecule has 3 N–H and O–H groups in total. The molecule has 0 radical (unpaired) electrons. The summed E-state index contributed by atoms with van der Waals surface area (Å²) in [7, 11) is 0. The summed E-state index contributed by atoms with van der Waals surface area (Å²) in [6, 6.07) is 5.46. The predicted octanol–water partition coefficient (Wildman–Crippen LogP) is 1.62. The Morgan fingerprint density at radius 1 is 1.22 bits per heavy atom. The van der Waals surface area contributed by atoms with Crippen molar-refractivity contribution < 1.29 is 19.1 Å². The molecule has 0 bridgehead atoms.